The molecular formula is C16H18N2O4S. The molecule has 0 aliphatic heterocycles. The summed E-state index contributed by atoms with van der Waals surface area (Å²) in [5, 5.41) is 2.99. The van der Waals surface area contributed by atoms with E-state index in [0.717, 1.165) is 10.2 Å². The van der Waals surface area contributed by atoms with Crippen molar-refractivity contribution in [3.63, 3.8) is 0 Å². The minimum Gasteiger partial charge on any atom is -0.464 e. The number of alkyl carbamates (subject to hydrolysis) is 1. The molecule has 23 heavy (non-hydrogen) atoms. The molecule has 0 unspecified atom stereocenters. The summed E-state index contributed by atoms with van der Waals surface area (Å²) >= 11 is 1.41. The molecule has 0 saturated heterocycles. The Labute approximate surface area is 138 Å². The molecule has 1 aromatic carbocycles. The molecular weight excluding hydrogens is 316 g/mol. The van der Waals surface area contributed by atoms with Gasteiger partial charge in [-0.3, -0.25) is 5.32 Å². The lowest BCUT2D eigenvalue weighted by Crippen LogP contribution is -2.34. The number of hydrogen-bond donors (Lipinski definition) is 1. The van der Waals surface area contributed by atoms with E-state index in [2.05, 4.69) is 15.0 Å². The van der Waals surface area contributed by atoms with E-state index in [1.165, 1.54) is 24.5 Å². The SMILES string of the molecule is COC(=O)/C(=C/c1nc2ccccc2s1)NC(=O)OC(C)(C)C. The molecule has 1 aromatic heterocycles. The maximum absolute atomic E-state index is 11.9. The van der Waals surface area contributed by atoms with Gasteiger partial charge in [-0.05, 0) is 32.9 Å². The largest absolute Gasteiger partial charge is 0.464 e. The van der Waals surface area contributed by atoms with Gasteiger partial charge in [0.15, 0.2) is 0 Å². The van der Waals surface area contributed by atoms with Crippen LogP contribution in [0.2, 0.25) is 0 Å². The van der Waals surface area contributed by atoms with E-state index in [-0.39, 0.29) is 5.70 Å². The molecule has 0 fully saturated rings. The standard InChI is InChI=1S/C16H18N2O4S/c1-16(2,3)22-15(20)18-11(14(19)21-4)9-13-17-10-7-5-6-8-12(10)23-13/h5-9H,1-4H3,(H,18,20)/b11-9-. The average molecular weight is 334 g/mol. The Kier molecular flexibility index (Phi) is 5.00. The Morgan fingerprint density at radius 2 is 1.96 bits per heavy atom. The Bertz CT molecular complexity index is 726. The first-order valence-corrected chi connectivity index (χ1v) is 7.76. The maximum atomic E-state index is 11.9. The second-order valence-electron chi connectivity index (χ2n) is 5.70. The number of amides is 1. The molecule has 7 heteroatoms. The number of nitrogens with zero attached hydrogens (tertiary/aromatic N) is 1. The number of carbonyl (C=O) groups is 2. The predicted octanol–water partition coefficient (Wildman–Crippen LogP) is 3.33. The number of methoxy groups -OCH3 is 1. The van der Waals surface area contributed by atoms with Crippen LogP contribution in [0.3, 0.4) is 0 Å². The average Bonchev–Trinajstić information content (AvgIpc) is 2.86. The van der Waals surface area contributed by atoms with Crippen molar-refractivity contribution in [1.82, 2.24) is 10.3 Å². The summed E-state index contributed by atoms with van der Waals surface area (Å²) in [6, 6.07) is 7.61. The van der Waals surface area contributed by atoms with Crippen LogP contribution < -0.4 is 5.32 Å². The van der Waals surface area contributed by atoms with Crippen LogP contribution in [0.1, 0.15) is 25.8 Å². The quantitative estimate of drug-likeness (QED) is 0.688. The van der Waals surface area contributed by atoms with Crippen molar-refractivity contribution in [2.75, 3.05) is 7.11 Å². The highest BCUT2D eigenvalue weighted by atomic mass is 32.1. The molecule has 0 spiro atoms. The first kappa shape index (κ1) is 17.0. The topological polar surface area (TPSA) is 77.5 Å². The first-order valence-electron chi connectivity index (χ1n) is 6.94. The first-order chi connectivity index (χ1) is 10.8. The normalized spacial score (nSPS) is 12.1. The van der Waals surface area contributed by atoms with Crippen LogP contribution in [0.25, 0.3) is 16.3 Å². The molecule has 1 heterocycles. The number of esters is 1. The van der Waals surface area contributed by atoms with Crippen LogP contribution in [0.15, 0.2) is 30.0 Å². The lowest BCUT2D eigenvalue weighted by Gasteiger charge is -2.19. The second kappa shape index (κ2) is 6.78. The number of fused-ring (bicyclic) bond motifs is 1. The number of carbonyl (C=O) groups excluding carboxylic acids is 2. The van der Waals surface area contributed by atoms with E-state index in [1.54, 1.807) is 20.8 Å². The Morgan fingerprint density at radius 3 is 2.57 bits per heavy atom. The zero-order valence-electron chi connectivity index (χ0n) is 13.4. The van der Waals surface area contributed by atoms with Gasteiger partial charge in [-0.1, -0.05) is 12.1 Å². The van der Waals surface area contributed by atoms with Crippen molar-refractivity contribution in [3.8, 4) is 0 Å². The van der Waals surface area contributed by atoms with Gasteiger partial charge in [0, 0.05) is 6.08 Å². The maximum Gasteiger partial charge on any atom is 0.412 e. The molecule has 0 radical (unpaired) electrons. The minimum absolute atomic E-state index is 0.0270. The molecule has 1 amide bonds. The van der Waals surface area contributed by atoms with Gasteiger partial charge in [-0.25, -0.2) is 14.6 Å². The molecule has 6 nitrogen and oxygen atoms in total. The van der Waals surface area contributed by atoms with E-state index in [9.17, 15) is 9.59 Å². The highest BCUT2D eigenvalue weighted by Gasteiger charge is 2.20. The zero-order chi connectivity index (χ0) is 17.0. The van der Waals surface area contributed by atoms with E-state index in [1.807, 2.05) is 24.3 Å². The van der Waals surface area contributed by atoms with E-state index in [4.69, 9.17) is 4.74 Å². The lowest BCUT2D eigenvalue weighted by atomic mass is 10.2. The van der Waals surface area contributed by atoms with Crippen molar-refractivity contribution in [1.29, 1.82) is 0 Å². The van der Waals surface area contributed by atoms with Crippen LogP contribution in [0, 0.1) is 0 Å². The molecule has 0 aliphatic carbocycles. The van der Waals surface area contributed by atoms with Crippen molar-refractivity contribution in [3.05, 3.63) is 35.0 Å². The van der Waals surface area contributed by atoms with E-state index in [0.29, 0.717) is 5.01 Å². The Morgan fingerprint density at radius 1 is 1.26 bits per heavy atom. The lowest BCUT2D eigenvalue weighted by molar-refractivity contribution is -0.136. The fourth-order valence-corrected chi connectivity index (χ4v) is 2.66. The number of benzene rings is 1. The zero-order valence-corrected chi connectivity index (χ0v) is 14.2. The molecule has 2 rings (SSSR count). The third-order valence-electron chi connectivity index (χ3n) is 2.62. The predicted molar refractivity (Wildman–Crippen MR) is 89.0 cm³/mol. The molecule has 0 atom stereocenters. The molecule has 0 saturated carbocycles. The number of aromatic nitrogens is 1. The van der Waals surface area contributed by atoms with Gasteiger partial charge in [0.25, 0.3) is 0 Å². The third-order valence-corrected chi connectivity index (χ3v) is 3.60. The van der Waals surface area contributed by atoms with Gasteiger partial charge in [-0.2, -0.15) is 0 Å². The van der Waals surface area contributed by atoms with Crippen molar-refractivity contribution >= 4 is 39.7 Å². The fraction of sp³-hybridized carbons (Fsp3) is 0.312. The summed E-state index contributed by atoms with van der Waals surface area (Å²) in [7, 11) is 1.24. The van der Waals surface area contributed by atoms with Gasteiger partial charge in [0.05, 0.1) is 17.3 Å². The van der Waals surface area contributed by atoms with Gasteiger partial charge in [-0.15, -0.1) is 11.3 Å². The summed E-state index contributed by atoms with van der Waals surface area (Å²) in [6.07, 6.45) is 0.746. The van der Waals surface area contributed by atoms with Crippen molar-refractivity contribution < 1.29 is 19.1 Å². The number of rotatable bonds is 3. The number of ether oxygens (including phenoxy) is 2. The number of hydrogen-bond acceptors (Lipinski definition) is 6. The van der Waals surface area contributed by atoms with Crippen LogP contribution in [-0.4, -0.2) is 29.8 Å². The molecule has 1 N–H and O–H groups in total. The Hall–Kier alpha value is -2.41. The number of para-hydroxylation sites is 1. The molecule has 2 aromatic rings. The smallest absolute Gasteiger partial charge is 0.412 e. The van der Waals surface area contributed by atoms with Crippen LogP contribution >= 0.6 is 11.3 Å². The van der Waals surface area contributed by atoms with Crippen LogP contribution in [0.4, 0.5) is 4.79 Å². The summed E-state index contributed by atoms with van der Waals surface area (Å²) < 4.78 is 10.8. The molecule has 0 aliphatic rings. The van der Waals surface area contributed by atoms with Gasteiger partial charge in [0.1, 0.15) is 16.3 Å². The van der Waals surface area contributed by atoms with E-state index >= 15 is 0 Å². The van der Waals surface area contributed by atoms with Crippen molar-refractivity contribution in [2.45, 2.75) is 26.4 Å². The van der Waals surface area contributed by atoms with E-state index < -0.39 is 17.7 Å². The summed E-state index contributed by atoms with van der Waals surface area (Å²) in [5.74, 6) is -0.671. The highest BCUT2D eigenvalue weighted by Crippen LogP contribution is 2.23. The molecule has 0 bridgehead atoms. The van der Waals surface area contributed by atoms with Crippen molar-refractivity contribution in [2.24, 2.45) is 0 Å². The number of nitrogens with one attached hydrogen (secondary N) is 1. The third kappa shape index (κ3) is 4.79. The Balaban J connectivity index is 2.27. The van der Waals surface area contributed by atoms with Crippen LogP contribution in [0.5, 0.6) is 0 Å². The van der Waals surface area contributed by atoms with Crippen LogP contribution in [-0.2, 0) is 14.3 Å². The monoisotopic (exact) mass is 334 g/mol. The summed E-state index contributed by atoms with van der Waals surface area (Å²) in [5.41, 5.74) is 0.132. The van der Waals surface area contributed by atoms with Gasteiger partial charge < -0.3 is 9.47 Å². The van der Waals surface area contributed by atoms with Gasteiger partial charge in [0.2, 0.25) is 0 Å². The highest BCUT2D eigenvalue weighted by molar-refractivity contribution is 7.19. The second-order valence-corrected chi connectivity index (χ2v) is 6.76. The van der Waals surface area contributed by atoms with Gasteiger partial charge >= 0.3 is 12.1 Å². The summed E-state index contributed by atoms with van der Waals surface area (Å²) in [4.78, 5) is 28.1. The number of thiazole rings is 1. The fourth-order valence-electron chi connectivity index (χ4n) is 1.74. The summed E-state index contributed by atoms with van der Waals surface area (Å²) in [6.45, 7) is 5.21. The molecule has 122 valence electrons. The minimum atomic E-state index is -0.727.